The second-order valence-electron chi connectivity index (χ2n) is 6.82. The summed E-state index contributed by atoms with van der Waals surface area (Å²) in [6, 6.07) is 12.0. The number of nitrogens with two attached hydrogens (primary N) is 1. The predicted molar refractivity (Wildman–Crippen MR) is 94.0 cm³/mol. The van der Waals surface area contributed by atoms with Crippen molar-refractivity contribution in [3.05, 3.63) is 53.2 Å². The van der Waals surface area contributed by atoms with Gasteiger partial charge in [0, 0.05) is 28.4 Å². The molecule has 5 nitrogen and oxygen atoms in total. The number of hydrogen-bond acceptors (Lipinski definition) is 3. The third-order valence-corrected chi connectivity index (χ3v) is 5.55. The minimum atomic E-state index is -0.456. The quantitative estimate of drug-likeness (QED) is 0.635. The highest BCUT2D eigenvalue weighted by molar-refractivity contribution is 6.10. The van der Waals surface area contributed by atoms with Crippen molar-refractivity contribution in [2.45, 2.75) is 31.1 Å². The Kier molecular flexibility index (Phi) is 2.48. The molecule has 1 spiro atoms. The summed E-state index contributed by atoms with van der Waals surface area (Å²) in [6.07, 6.45) is 1.75. The van der Waals surface area contributed by atoms with Crippen LogP contribution in [0.2, 0.25) is 0 Å². The average Bonchev–Trinajstić information content (AvgIpc) is 3.12. The van der Waals surface area contributed by atoms with Crippen LogP contribution in [0.1, 0.15) is 36.1 Å². The van der Waals surface area contributed by atoms with E-state index in [0.29, 0.717) is 5.69 Å². The Morgan fingerprint density at radius 1 is 1.29 bits per heavy atom. The van der Waals surface area contributed by atoms with Gasteiger partial charge in [-0.3, -0.25) is 9.89 Å². The monoisotopic (exact) mass is 318 g/mol. The molecule has 1 aliphatic carbocycles. The highest BCUT2D eigenvalue weighted by Crippen LogP contribution is 2.65. The Bertz CT molecular complexity index is 1010. The molecule has 4 N–H and O–H groups in total. The third-order valence-electron chi connectivity index (χ3n) is 5.55. The molecule has 120 valence electrons. The van der Waals surface area contributed by atoms with Gasteiger partial charge in [-0.15, -0.1) is 0 Å². The van der Waals surface area contributed by atoms with Crippen LogP contribution in [0.15, 0.2) is 36.4 Å². The number of carbonyl (C=O) groups excluding carboxylic acids is 1. The molecule has 5 heteroatoms. The largest absolute Gasteiger partial charge is 0.399 e. The van der Waals surface area contributed by atoms with Crippen molar-refractivity contribution in [1.29, 1.82) is 0 Å². The van der Waals surface area contributed by atoms with E-state index in [-0.39, 0.29) is 11.8 Å². The minimum Gasteiger partial charge on any atom is -0.399 e. The number of aryl methyl sites for hydroxylation is 1. The van der Waals surface area contributed by atoms with Crippen LogP contribution in [-0.2, 0) is 16.6 Å². The molecule has 5 rings (SSSR count). The van der Waals surface area contributed by atoms with E-state index in [2.05, 4.69) is 40.6 Å². The van der Waals surface area contributed by atoms with Crippen LogP contribution in [0.3, 0.4) is 0 Å². The minimum absolute atomic E-state index is 0.0875. The van der Waals surface area contributed by atoms with Gasteiger partial charge in [-0.1, -0.05) is 19.1 Å². The molecule has 1 fully saturated rings. The van der Waals surface area contributed by atoms with E-state index in [0.717, 1.165) is 40.7 Å². The fourth-order valence-corrected chi connectivity index (χ4v) is 4.18. The number of rotatable bonds is 2. The summed E-state index contributed by atoms with van der Waals surface area (Å²) in [7, 11) is 0. The Morgan fingerprint density at radius 2 is 2.17 bits per heavy atom. The van der Waals surface area contributed by atoms with Crippen molar-refractivity contribution in [3.8, 4) is 0 Å². The fourth-order valence-electron chi connectivity index (χ4n) is 4.18. The zero-order valence-corrected chi connectivity index (χ0v) is 13.4. The molecule has 0 bridgehead atoms. The van der Waals surface area contributed by atoms with E-state index in [9.17, 15) is 4.79 Å². The van der Waals surface area contributed by atoms with Gasteiger partial charge >= 0.3 is 0 Å². The summed E-state index contributed by atoms with van der Waals surface area (Å²) < 4.78 is 0. The van der Waals surface area contributed by atoms with Gasteiger partial charge in [-0.05, 0) is 48.2 Å². The number of nitrogens with one attached hydrogen (secondary N) is 2. The molecule has 2 aromatic carbocycles. The molecular weight excluding hydrogens is 300 g/mol. The summed E-state index contributed by atoms with van der Waals surface area (Å²) in [6.45, 7) is 2.11. The SMILES string of the molecule is CCc1[nH]nc2cc([C@@H]3C[C@@]34C(=O)Nc3ccc(N)cc34)ccc12. The second kappa shape index (κ2) is 4.38. The molecule has 2 atom stereocenters. The van der Waals surface area contributed by atoms with E-state index < -0.39 is 5.41 Å². The maximum Gasteiger partial charge on any atom is 0.235 e. The van der Waals surface area contributed by atoms with Gasteiger partial charge in [0.05, 0.1) is 10.9 Å². The zero-order chi connectivity index (χ0) is 16.5. The number of fused-ring (bicyclic) bond motifs is 3. The molecule has 2 heterocycles. The second-order valence-corrected chi connectivity index (χ2v) is 6.82. The lowest BCUT2D eigenvalue weighted by Gasteiger charge is -2.09. The van der Waals surface area contributed by atoms with E-state index >= 15 is 0 Å². The lowest BCUT2D eigenvalue weighted by Crippen LogP contribution is -2.21. The molecule has 1 aromatic heterocycles. The van der Waals surface area contributed by atoms with Gasteiger partial charge in [0.1, 0.15) is 0 Å². The first kappa shape index (κ1) is 13.6. The number of anilines is 2. The number of aromatic amines is 1. The molecule has 1 amide bonds. The van der Waals surface area contributed by atoms with Crippen LogP contribution in [0.25, 0.3) is 10.9 Å². The number of benzene rings is 2. The van der Waals surface area contributed by atoms with Crippen LogP contribution in [-0.4, -0.2) is 16.1 Å². The maximum absolute atomic E-state index is 12.7. The van der Waals surface area contributed by atoms with E-state index in [1.165, 1.54) is 5.56 Å². The lowest BCUT2D eigenvalue weighted by molar-refractivity contribution is -0.118. The van der Waals surface area contributed by atoms with Gasteiger partial charge in [0.2, 0.25) is 5.91 Å². The normalized spacial score (nSPS) is 24.4. The average molecular weight is 318 g/mol. The van der Waals surface area contributed by atoms with Crippen molar-refractivity contribution in [3.63, 3.8) is 0 Å². The molecule has 0 radical (unpaired) electrons. The highest BCUT2D eigenvalue weighted by Gasteiger charge is 2.65. The van der Waals surface area contributed by atoms with E-state index in [4.69, 9.17) is 5.73 Å². The zero-order valence-electron chi connectivity index (χ0n) is 13.4. The molecule has 0 saturated heterocycles. The van der Waals surface area contributed by atoms with Gasteiger partial charge in [-0.2, -0.15) is 5.10 Å². The fraction of sp³-hybridized carbons (Fsp3) is 0.263. The Labute approximate surface area is 139 Å². The number of H-pyrrole nitrogens is 1. The van der Waals surface area contributed by atoms with Crippen LogP contribution in [0.4, 0.5) is 11.4 Å². The van der Waals surface area contributed by atoms with Crippen LogP contribution in [0.5, 0.6) is 0 Å². The smallest absolute Gasteiger partial charge is 0.235 e. The molecular formula is C19H18N4O. The topological polar surface area (TPSA) is 83.8 Å². The highest BCUT2D eigenvalue weighted by atomic mass is 16.2. The number of aromatic nitrogens is 2. The first-order chi connectivity index (χ1) is 11.6. The van der Waals surface area contributed by atoms with Crippen molar-refractivity contribution < 1.29 is 4.79 Å². The Balaban J connectivity index is 1.59. The molecule has 1 aliphatic heterocycles. The lowest BCUT2D eigenvalue weighted by atomic mass is 9.91. The molecule has 3 aromatic rings. The number of nitrogens with zero attached hydrogens (tertiary/aromatic N) is 1. The van der Waals surface area contributed by atoms with Gasteiger partial charge in [-0.25, -0.2) is 0 Å². The summed E-state index contributed by atoms with van der Waals surface area (Å²) in [5.41, 5.74) is 11.4. The standard InChI is InChI=1S/C19H18N4O/c1-2-15-12-5-3-10(7-17(12)23-22-15)14-9-19(14)13-8-11(20)4-6-16(13)21-18(19)24/h3-8,14H,2,9,20H2,1H3,(H,21,24)(H,22,23)/t14-,19-/m0/s1. The summed E-state index contributed by atoms with van der Waals surface area (Å²) in [5.74, 6) is 0.274. The van der Waals surface area contributed by atoms with Crippen LogP contribution in [0, 0.1) is 0 Å². The third kappa shape index (κ3) is 1.59. The number of carbonyl (C=O) groups is 1. The molecule has 1 saturated carbocycles. The predicted octanol–water partition coefficient (Wildman–Crippen LogP) is 3.08. The molecule has 2 aliphatic rings. The van der Waals surface area contributed by atoms with Gasteiger partial charge < -0.3 is 11.1 Å². The van der Waals surface area contributed by atoms with Crippen molar-refractivity contribution in [1.82, 2.24) is 10.2 Å². The van der Waals surface area contributed by atoms with Crippen LogP contribution < -0.4 is 11.1 Å². The number of nitrogen functional groups attached to an aromatic ring is 1. The molecule has 24 heavy (non-hydrogen) atoms. The van der Waals surface area contributed by atoms with Crippen molar-refractivity contribution in [2.75, 3.05) is 11.1 Å². The molecule has 0 unspecified atom stereocenters. The number of amides is 1. The summed E-state index contributed by atoms with van der Waals surface area (Å²) in [4.78, 5) is 12.7. The van der Waals surface area contributed by atoms with Crippen LogP contribution >= 0.6 is 0 Å². The summed E-state index contributed by atoms with van der Waals surface area (Å²) >= 11 is 0. The first-order valence-electron chi connectivity index (χ1n) is 8.32. The summed E-state index contributed by atoms with van der Waals surface area (Å²) in [5, 5.41) is 11.7. The van der Waals surface area contributed by atoms with E-state index in [1.54, 1.807) is 0 Å². The van der Waals surface area contributed by atoms with Crippen molar-refractivity contribution in [2.24, 2.45) is 0 Å². The number of hydrogen-bond donors (Lipinski definition) is 3. The maximum atomic E-state index is 12.7. The van der Waals surface area contributed by atoms with Crippen molar-refractivity contribution >= 4 is 28.2 Å². The van der Waals surface area contributed by atoms with Gasteiger partial charge in [0.25, 0.3) is 0 Å². The first-order valence-corrected chi connectivity index (χ1v) is 8.32. The Morgan fingerprint density at radius 3 is 3.00 bits per heavy atom. The Hall–Kier alpha value is -2.82. The van der Waals surface area contributed by atoms with Gasteiger partial charge in [0.15, 0.2) is 0 Å². The van der Waals surface area contributed by atoms with E-state index in [1.807, 2.05) is 18.2 Å².